The first-order valence-electron chi connectivity index (χ1n) is 6.63. The van der Waals surface area contributed by atoms with Crippen LogP contribution in [0.5, 0.6) is 0 Å². The van der Waals surface area contributed by atoms with Gasteiger partial charge in [-0.25, -0.2) is 4.79 Å². The highest BCUT2D eigenvalue weighted by Crippen LogP contribution is 2.09. The van der Waals surface area contributed by atoms with Gasteiger partial charge in [0.25, 0.3) is 0 Å². The molecule has 0 amide bonds. The minimum absolute atomic E-state index is 0. The molecule has 0 unspecified atom stereocenters. The lowest BCUT2D eigenvalue weighted by molar-refractivity contribution is -0.595. The van der Waals surface area contributed by atoms with Crippen LogP contribution in [-0.4, -0.2) is 16.1 Å². The first-order valence-corrected chi connectivity index (χ1v) is 6.63. The van der Waals surface area contributed by atoms with Gasteiger partial charge in [0, 0.05) is 42.3 Å². The maximum atomic E-state index is 10.3. The van der Waals surface area contributed by atoms with Crippen LogP contribution in [0.25, 0.3) is 5.69 Å². The van der Waals surface area contributed by atoms with Crippen LogP contribution in [-0.2, 0) is 0 Å². The molecular formula is C17H16ClN3O2. The summed E-state index contributed by atoms with van der Waals surface area (Å²) in [7, 11) is 0. The number of hydrogen-bond donors (Lipinski definition) is 2. The number of halogens is 1. The fraction of sp³-hybridized carbons (Fsp3) is 0. The number of pyridine rings is 2. The van der Waals surface area contributed by atoms with Crippen LogP contribution in [0.15, 0.2) is 79.4 Å². The van der Waals surface area contributed by atoms with Crippen molar-refractivity contribution >= 4 is 11.7 Å². The van der Waals surface area contributed by atoms with Gasteiger partial charge >= 0.3 is 5.97 Å². The Labute approximate surface area is 140 Å². The van der Waals surface area contributed by atoms with E-state index in [1.807, 2.05) is 47.3 Å². The van der Waals surface area contributed by atoms with Gasteiger partial charge in [-0.3, -0.25) is 4.98 Å². The lowest BCUT2D eigenvalue weighted by atomic mass is 10.2. The topological polar surface area (TPSA) is 80.1 Å². The summed E-state index contributed by atoms with van der Waals surface area (Å²) < 4.78 is 2.04. The molecule has 0 atom stereocenters. The standard InChI is InChI=1S/C10H9N2.C7H7NO2.ClH/c1-2-8-12(9-3-1)10-4-6-11-7-5-10;8-6-4-2-1-3-5(6)7(9)10;/h1-9H;1-4H,8H2,(H,9,10);1H/q+1;;/p-1. The zero-order chi connectivity index (χ0) is 15.8. The number of para-hydroxylation sites is 1. The summed E-state index contributed by atoms with van der Waals surface area (Å²) in [5, 5.41) is 8.49. The van der Waals surface area contributed by atoms with Gasteiger partial charge in [0.05, 0.1) is 5.56 Å². The second kappa shape index (κ2) is 9.17. The van der Waals surface area contributed by atoms with Crippen molar-refractivity contribution in [1.29, 1.82) is 0 Å². The fourth-order valence-corrected chi connectivity index (χ4v) is 1.78. The Hall–Kier alpha value is -2.92. The summed E-state index contributed by atoms with van der Waals surface area (Å²) >= 11 is 0. The van der Waals surface area contributed by atoms with Crippen LogP contribution in [0.1, 0.15) is 10.4 Å². The summed E-state index contributed by atoms with van der Waals surface area (Å²) in [6, 6.07) is 16.3. The van der Waals surface area contributed by atoms with Gasteiger partial charge < -0.3 is 23.2 Å². The van der Waals surface area contributed by atoms with Crippen LogP contribution in [0, 0.1) is 0 Å². The van der Waals surface area contributed by atoms with Crippen molar-refractivity contribution in [1.82, 2.24) is 4.98 Å². The van der Waals surface area contributed by atoms with Crippen LogP contribution >= 0.6 is 0 Å². The van der Waals surface area contributed by atoms with Crippen molar-refractivity contribution < 1.29 is 26.9 Å². The molecule has 0 aliphatic heterocycles. The van der Waals surface area contributed by atoms with Gasteiger partial charge in [-0.1, -0.05) is 18.2 Å². The van der Waals surface area contributed by atoms with Crippen molar-refractivity contribution in [3.63, 3.8) is 0 Å². The van der Waals surface area contributed by atoms with Gasteiger partial charge in [0.2, 0.25) is 5.69 Å². The maximum absolute atomic E-state index is 10.3. The van der Waals surface area contributed by atoms with E-state index in [2.05, 4.69) is 4.98 Å². The maximum Gasteiger partial charge on any atom is 0.337 e. The molecule has 3 N–H and O–H groups in total. The number of nitrogen functional groups attached to an aromatic ring is 1. The van der Waals surface area contributed by atoms with E-state index in [4.69, 9.17) is 10.8 Å². The molecule has 0 bridgehead atoms. The zero-order valence-corrected chi connectivity index (χ0v) is 13.0. The van der Waals surface area contributed by atoms with Crippen LogP contribution in [0.3, 0.4) is 0 Å². The average Bonchev–Trinajstić information content (AvgIpc) is 2.57. The van der Waals surface area contributed by atoms with E-state index in [1.54, 1.807) is 30.6 Å². The fourth-order valence-electron chi connectivity index (χ4n) is 1.78. The van der Waals surface area contributed by atoms with E-state index in [1.165, 1.54) is 6.07 Å². The molecular weight excluding hydrogens is 314 g/mol. The average molecular weight is 330 g/mol. The predicted octanol–water partition coefficient (Wildman–Crippen LogP) is -0.671. The Balaban J connectivity index is 0.000000224. The highest BCUT2D eigenvalue weighted by molar-refractivity contribution is 5.93. The molecule has 2 aromatic heterocycles. The zero-order valence-electron chi connectivity index (χ0n) is 12.2. The molecule has 6 heteroatoms. The van der Waals surface area contributed by atoms with Crippen molar-refractivity contribution in [2.24, 2.45) is 0 Å². The third-order valence-corrected chi connectivity index (χ3v) is 2.87. The number of nitrogens with zero attached hydrogens (tertiary/aromatic N) is 2. The summed E-state index contributed by atoms with van der Waals surface area (Å²) in [6.45, 7) is 0. The Morgan fingerprint density at radius 3 is 2.09 bits per heavy atom. The molecule has 0 radical (unpaired) electrons. The molecule has 0 aliphatic rings. The van der Waals surface area contributed by atoms with Gasteiger partial charge in [-0.2, -0.15) is 4.57 Å². The molecule has 0 saturated carbocycles. The SMILES string of the molecule is Nc1ccccc1C(=O)O.[Cl-].c1cc[n+](-c2ccncc2)cc1. The molecule has 118 valence electrons. The number of carboxylic acid groups (broad SMARTS) is 1. The normalized spacial score (nSPS) is 9.04. The molecule has 1 aromatic carbocycles. The van der Waals surface area contributed by atoms with Gasteiger partial charge in [-0.05, 0) is 12.1 Å². The molecule has 0 aliphatic carbocycles. The highest BCUT2D eigenvalue weighted by atomic mass is 35.5. The van der Waals surface area contributed by atoms with Crippen molar-refractivity contribution in [2.75, 3.05) is 5.73 Å². The minimum atomic E-state index is -0.988. The molecule has 0 spiro atoms. The number of anilines is 1. The molecule has 2 heterocycles. The number of aromatic nitrogens is 2. The van der Waals surface area contributed by atoms with Crippen LogP contribution in [0.4, 0.5) is 5.69 Å². The summed E-state index contributed by atoms with van der Waals surface area (Å²) in [4.78, 5) is 14.3. The largest absolute Gasteiger partial charge is 1.00 e. The number of carboxylic acids is 1. The lowest BCUT2D eigenvalue weighted by Crippen LogP contribution is -3.00. The molecule has 5 nitrogen and oxygen atoms in total. The molecule has 0 fully saturated rings. The Kier molecular flexibility index (Phi) is 7.23. The molecule has 3 rings (SSSR count). The van der Waals surface area contributed by atoms with E-state index in [-0.39, 0.29) is 18.0 Å². The van der Waals surface area contributed by atoms with E-state index in [9.17, 15) is 4.79 Å². The third-order valence-electron chi connectivity index (χ3n) is 2.87. The Morgan fingerprint density at radius 2 is 1.57 bits per heavy atom. The molecule has 23 heavy (non-hydrogen) atoms. The highest BCUT2D eigenvalue weighted by Gasteiger charge is 2.04. The predicted molar refractivity (Wildman–Crippen MR) is 83.6 cm³/mol. The van der Waals surface area contributed by atoms with Crippen molar-refractivity contribution in [3.8, 4) is 5.69 Å². The second-order valence-electron chi connectivity index (χ2n) is 4.38. The van der Waals surface area contributed by atoms with E-state index in [0.717, 1.165) is 5.69 Å². The smallest absolute Gasteiger partial charge is 0.337 e. The van der Waals surface area contributed by atoms with Crippen LogP contribution < -0.4 is 22.7 Å². The summed E-state index contributed by atoms with van der Waals surface area (Å²) in [5.74, 6) is -0.988. The number of aromatic carboxylic acids is 1. The molecule has 3 aromatic rings. The lowest BCUT2D eigenvalue weighted by Gasteiger charge is -1.96. The first-order chi connectivity index (χ1) is 10.7. The minimum Gasteiger partial charge on any atom is -1.00 e. The third kappa shape index (κ3) is 5.41. The van der Waals surface area contributed by atoms with E-state index in [0.29, 0.717) is 5.69 Å². The number of hydrogen-bond acceptors (Lipinski definition) is 3. The van der Waals surface area contributed by atoms with Crippen molar-refractivity contribution in [3.05, 3.63) is 84.9 Å². The van der Waals surface area contributed by atoms with Gasteiger partial charge in [0.1, 0.15) is 0 Å². The van der Waals surface area contributed by atoms with E-state index >= 15 is 0 Å². The number of benzene rings is 1. The molecule has 0 saturated heterocycles. The van der Waals surface area contributed by atoms with Crippen molar-refractivity contribution in [2.45, 2.75) is 0 Å². The second-order valence-corrected chi connectivity index (χ2v) is 4.38. The number of nitrogens with two attached hydrogens (primary N) is 1. The first kappa shape index (κ1) is 18.1. The number of rotatable bonds is 2. The summed E-state index contributed by atoms with van der Waals surface area (Å²) in [6.07, 6.45) is 7.59. The quantitative estimate of drug-likeness (QED) is 0.483. The van der Waals surface area contributed by atoms with Gasteiger partial charge in [-0.15, -0.1) is 0 Å². The van der Waals surface area contributed by atoms with Gasteiger partial charge in [0.15, 0.2) is 12.4 Å². The Morgan fingerprint density at radius 1 is 0.957 bits per heavy atom. The Bertz CT molecular complexity index is 700. The van der Waals surface area contributed by atoms with Crippen LogP contribution in [0.2, 0.25) is 0 Å². The number of carbonyl (C=O) groups is 1. The van der Waals surface area contributed by atoms with E-state index < -0.39 is 5.97 Å². The summed E-state index contributed by atoms with van der Waals surface area (Å²) in [5.41, 5.74) is 6.93. The monoisotopic (exact) mass is 329 g/mol.